The maximum Gasteiger partial charge on any atom is 0.301 e. The number of aromatic nitrogens is 2. The summed E-state index contributed by atoms with van der Waals surface area (Å²) in [4.78, 5) is 48.4. The number of nitrogens with zero attached hydrogens (tertiary/aromatic N) is 3. The fourth-order valence-electron chi connectivity index (χ4n) is 3.76. The maximum absolute atomic E-state index is 13.2. The Morgan fingerprint density at radius 2 is 1.94 bits per heavy atom. The second-order valence-corrected chi connectivity index (χ2v) is 8.36. The van der Waals surface area contributed by atoms with E-state index in [2.05, 4.69) is 9.97 Å². The van der Waals surface area contributed by atoms with E-state index in [0.29, 0.717) is 34.1 Å². The van der Waals surface area contributed by atoms with Crippen LogP contribution in [0.25, 0.3) is 5.76 Å². The lowest BCUT2D eigenvalue weighted by atomic mass is 9.95. The predicted octanol–water partition coefficient (Wildman–Crippen LogP) is 4.07. The van der Waals surface area contributed by atoms with Crippen LogP contribution < -0.4 is 9.64 Å². The van der Waals surface area contributed by atoms with Gasteiger partial charge in [0.15, 0.2) is 10.9 Å². The zero-order valence-electron chi connectivity index (χ0n) is 18.2. The first kappa shape index (κ1) is 22.3. The summed E-state index contributed by atoms with van der Waals surface area (Å²) in [6.45, 7) is 5.39. The fraction of sp³-hybridized carbons (Fsp3) is 0.208. The quantitative estimate of drug-likeness (QED) is 0.254. The smallest absolute Gasteiger partial charge is 0.301 e. The van der Waals surface area contributed by atoms with Crippen molar-refractivity contribution in [1.29, 1.82) is 0 Å². The summed E-state index contributed by atoms with van der Waals surface area (Å²) in [5, 5.41) is 11.3. The Kier molecular flexibility index (Phi) is 6.06. The summed E-state index contributed by atoms with van der Waals surface area (Å²) in [5.41, 5.74) is 1.32. The molecule has 1 aromatic carbocycles. The number of pyridine rings is 1. The Labute approximate surface area is 194 Å². The molecule has 0 aliphatic carbocycles. The highest BCUT2D eigenvalue weighted by molar-refractivity contribution is 7.18. The highest BCUT2D eigenvalue weighted by atomic mass is 32.1. The Bertz CT molecular complexity index is 1280. The molecule has 0 radical (unpaired) electrons. The highest BCUT2D eigenvalue weighted by Gasteiger charge is 2.48. The predicted molar refractivity (Wildman–Crippen MR) is 123 cm³/mol. The first-order valence-corrected chi connectivity index (χ1v) is 11.1. The van der Waals surface area contributed by atoms with E-state index in [1.54, 1.807) is 43.3 Å². The van der Waals surface area contributed by atoms with Crippen LogP contribution in [0.2, 0.25) is 0 Å². The molecule has 1 aliphatic rings. The molecule has 0 saturated carbocycles. The van der Waals surface area contributed by atoms with Gasteiger partial charge in [-0.25, -0.2) is 4.98 Å². The monoisotopic (exact) mass is 463 g/mol. The van der Waals surface area contributed by atoms with Gasteiger partial charge in [0, 0.05) is 24.9 Å². The lowest BCUT2D eigenvalue weighted by molar-refractivity contribution is -0.132. The van der Waals surface area contributed by atoms with Gasteiger partial charge in [0.25, 0.3) is 5.78 Å². The first-order valence-electron chi connectivity index (χ1n) is 10.3. The lowest BCUT2D eigenvalue weighted by Crippen LogP contribution is -2.29. The number of carbonyl (C=O) groups is 3. The molecule has 1 N–H and O–H groups in total. The van der Waals surface area contributed by atoms with Crippen LogP contribution in [0.3, 0.4) is 0 Å². The molecule has 1 saturated heterocycles. The number of hydrogen-bond acceptors (Lipinski definition) is 8. The van der Waals surface area contributed by atoms with Gasteiger partial charge in [-0.15, -0.1) is 0 Å². The normalized spacial score (nSPS) is 17.4. The number of aryl methyl sites for hydroxylation is 1. The molecule has 2 aromatic heterocycles. The van der Waals surface area contributed by atoms with Gasteiger partial charge in [-0.2, -0.15) is 0 Å². The van der Waals surface area contributed by atoms with Gasteiger partial charge in [-0.1, -0.05) is 23.5 Å². The molecule has 3 aromatic rings. The van der Waals surface area contributed by atoms with Crippen molar-refractivity contribution in [1.82, 2.24) is 9.97 Å². The molecule has 3 heterocycles. The molecule has 1 aliphatic heterocycles. The molecular weight excluding hydrogens is 442 g/mol. The minimum atomic E-state index is -0.955. The zero-order chi connectivity index (χ0) is 23.7. The third-order valence-electron chi connectivity index (χ3n) is 5.19. The maximum atomic E-state index is 13.2. The summed E-state index contributed by atoms with van der Waals surface area (Å²) in [7, 11) is 0. The Hall–Kier alpha value is -3.85. The molecule has 1 fully saturated rings. The van der Waals surface area contributed by atoms with Gasteiger partial charge in [-0.05, 0) is 43.7 Å². The number of aliphatic hydroxyl groups is 1. The minimum Gasteiger partial charge on any atom is -0.507 e. The van der Waals surface area contributed by atoms with Crippen molar-refractivity contribution >= 4 is 39.7 Å². The van der Waals surface area contributed by atoms with E-state index in [4.69, 9.17) is 4.74 Å². The average Bonchev–Trinajstić information content (AvgIpc) is 3.31. The number of rotatable bonds is 6. The molecule has 1 amide bonds. The van der Waals surface area contributed by atoms with Gasteiger partial charge in [0.1, 0.15) is 11.5 Å². The SMILES string of the molecule is CCOc1cccc(C2C(=C(O)c3ccncc3)C(=O)C(=O)N2c2nc(C)c(C(C)=O)s2)c1. The van der Waals surface area contributed by atoms with Crippen molar-refractivity contribution in [2.45, 2.75) is 26.8 Å². The van der Waals surface area contributed by atoms with E-state index < -0.39 is 17.7 Å². The summed E-state index contributed by atoms with van der Waals surface area (Å²) in [6, 6.07) is 9.14. The van der Waals surface area contributed by atoms with Gasteiger partial charge >= 0.3 is 5.91 Å². The molecule has 1 unspecified atom stereocenters. The number of ether oxygens (including phenoxy) is 1. The average molecular weight is 464 g/mol. The first-order chi connectivity index (χ1) is 15.8. The van der Waals surface area contributed by atoms with Gasteiger partial charge in [0.05, 0.1) is 28.8 Å². The molecular formula is C24H21N3O5S. The summed E-state index contributed by atoms with van der Waals surface area (Å²) in [5.74, 6) is -1.61. The summed E-state index contributed by atoms with van der Waals surface area (Å²) in [6.07, 6.45) is 2.97. The van der Waals surface area contributed by atoms with Crippen LogP contribution in [0.15, 0.2) is 54.4 Å². The second kappa shape index (κ2) is 8.95. The molecule has 33 heavy (non-hydrogen) atoms. The molecule has 9 heteroatoms. The Morgan fingerprint density at radius 1 is 1.21 bits per heavy atom. The van der Waals surface area contributed by atoms with Crippen LogP contribution >= 0.6 is 11.3 Å². The largest absolute Gasteiger partial charge is 0.507 e. The number of amides is 1. The van der Waals surface area contributed by atoms with Gasteiger partial charge in [0.2, 0.25) is 0 Å². The summed E-state index contributed by atoms with van der Waals surface area (Å²) < 4.78 is 5.60. The van der Waals surface area contributed by atoms with Crippen LogP contribution in [0.5, 0.6) is 5.75 Å². The van der Waals surface area contributed by atoms with Crippen LogP contribution in [0.4, 0.5) is 5.13 Å². The van der Waals surface area contributed by atoms with E-state index in [1.165, 1.54) is 24.2 Å². The van der Waals surface area contributed by atoms with Crippen LogP contribution in [-0.4, -0.2) is 39.2 Å². The number of aliphatic hydroxyl groups excluding tert-OH is 1. The van der Waals surface area contributed by atoms with Crippen molar-refractivity contribution < 1.29 is 24.2 Å². The highest BCUT2D eigenvalue weighted by Crippen LogP contribution is 2.44. The number of ketones is 2. The molecule has 1 atom stereocenters. The minimum absolute atomic E-state index is 0.0722. The Morgan fingerprint density at radius 3 is 2.58 bits per heavy atom. The number of anilines is 1. The van der Waals surface area contributed by atoms with Crippen LogP contribution in [0, 0.1) is 6.92 Å². The van der Waals surface area contributed by atoms with E-state index in [9.17, 15) is 19.5 Å². The topological polar surface area (TPSA) is 110 Å². The van der Waals surface area contributed by atoms with E-state index in [-0.39, 0.29) is 22.2 Å². The Balaban J connectivity index is 1.95. The van der Waals surface area contributed by atoms with E-state index in [1.807, 2.05) is 6.92 Å². The fourth-order valence-corrected chi connectivity index (χ4v) is 4.75. The zero-order valence-corrected chi connectivity index (χ0v) is 19.0. The lowest BCUT2D eigenvalue weighted by Gasteiger charge is -2.23. The number of carbonyl (C=O) groups excluding carboxylic acids is 3. The number of benzene rings is 1. The molecule has 8 nitrogen and oxygen atoms in total. The third-order valence-corrected chi connectivity index (χ3v) is 6.45. The molecule has 168 valence electrons. The number of thiazole rings is 1. The molecule has 0 bridgehead atoms. The van der Waals surface area contributed by atoms with Crippen molar-refractivity contribution in [3.8, 4) is 5.75 Å². The second-order valence-electron chi connectivity index (χ2n) is 7.38. The summed E-state index contributed by atoms with van der Waals surface area (Å²) >= 11 is 1.04. The van der Waals surface area contributed by atoms with Crippen LogP contribution in [0.1, 0.15) is 46.4 Å². The van der Waals surface area contributed by atoms with E-state index in [0.717, 1.165) is 11.3 Å². The number of hydrogen-bond donors (Lipinski definition) is 1. The van der Waals surface area contributed by atoms with Crippen molar-refractivity contribution in [2.75, 3.05) is 11.5 Å². The standard InChI is InChI=1S/C24H21N3O5S/c1-4-32-17-7-5-6-16(12-17)19-18(20(29)15-8-10-25-11-9-15)21(30)23(31)27(19)24-26-13(2)22(33-24)14(3)28/h5-12,19,29H,4H2,1-3H3. The van der Waals surface area contributed by atoms with Crippen molar-refractivity contribution in [2.24, 2.45) is 0 Å². The number of Topliss-reactive ketones (excluding diaryl/α,β-unsaturated/α-hetero) is 2. The van der Waals surface area contributed by atoms with Crippen LogP contribution in [-0.2, 0) is 9.59 Å². The van der Waals surface area contributed by atoms with Gasteiger partial charge < -0.3 is 9.84 Å². The van der Waals surface area contributed by atoms with Crippen molar-refractivity contribution in [3.63, 3.8) is 0 Å². The van der Waals surface area contributed by atoms with Crippen molar-refractivity contribution in [3.05, 3.63) is 76.1 Å². The molecule has 4 rings (SSSR count). The van der Waals surface area contributed by atoms with Gasteiger partial charge in [-0.3, -0.25) is 24.3 Å². The molecule has 0 spiro atoms. The third kappa shape index (κ3) is 4.03. The van der Waals surface area contributed by atoms with E-state index >= 15 is 0 Å².